The van der Waals surface area contributed by atoms with Crippen LogP contribution < -0.4 is 20.5 Å². The first-order valence-electron chi connectivity index (χ1n) is 6.77. The lowest BCUT2D eigenvalue weighted by Gasteiger charge is -2.11. The molecule has 0 radical (unpaired) electrons. The van der Waals surface area contributed by atoms with Gasteiger partial charge >= 0.3 is 0 Å². The third-order valence-corrected chi connectivity index (χ3v) is 3.10. The maximum absolute atomic E-state index is 11.7. The van der Waals surface area contributed by atoms with Crippen LogP contribution in [-0.4, -0.2) is 33.2 Å². The number of rotatable bonds is 8. The van der Waals surface area contributed by atoms with Crippen LogP contribution in [0.15, 0.2) is 18.2 Å². The van der Waals surface area contributed by atoms with Crippen molar-refractivity contribution in [2.45, 2.75) is 19.8 Å². The molecule has 1 aromatic carbocycles. The highest BCUT2D eigenvalue weighted by molar-refractivity contribution is 5.76. The van der Waals surface area contributed by atoms with Crippen molar-refractivity contribution >= 4 is 5.91 Å². The van der Waals surface area contributed by atoms with Gasteiger partial charge < -0.3 is 20.5 Å². The van der Waals surface area contributed by atoms with Gasteiger partial charge in [0.2, 0.25) is 5.91 Å². The highest BCUT2D eigenvalue weighted by atomic mass is 16.5. The molecule has 0 aliphatic rings. The number of carbonyl (C=O) groups excluding carboxylic acids is 1. The minimum atomic E-state index is 0.0343. The summed E-state index contributed by atoms with van der Waals surface area (Å²) < 4.78 is 10.4. The minimum Gasteiger partial charge on any atom is -0.497 e. The van der Waals surface area contributed by atoms with Crippen LogP contribution in [-0.2, 0) is 11.2 Å². The fraction of sp³-hybridized carbons (Fsp3) is 0.533. The van der Waals surface area contributed by atoms with Gasteiger partial charge in [0.05, 0.1) is 14.2 Å². The standard InChI is InChI=1S/C15H24N2O3/c1-11(9-16)10-17-15(18)5-4-12-6-13(19-2)8-14(7-12)20-3/h6-8,11H,4-5,9-10,16H2,1-3H3,(H,17,18). The smallest absolute Gasteiger partial charge is 0.220 e. The van der Waals surface area contributed by atoms with Gasteiger partial charge in [-0.3, -0.25) is 4.79 Å². The molecular weight excluding hydrogens is 256 g/mol. The fourth-order valence-corrected chi connectivity index (χ4v) is 1.73. The molecule has 0 spiro atoms. The van der Waals surface area contributed by atoms with Gasteiger partial charge in [0.25, 0.3) is 0 Å². The average Bonchev–Trinajstić information content (AvgIpc) is 2.49. The van der Waals surface area contributed by atoms with Gasteiger partial charge in [-0.05, 0) is 36.6 Å². The van der Waals surface area contributed by atoms with E-state index < -0.39 is 0 Å². The molecule has 0 saturated heterocycles. The van der Waals surface area contributed by atoms with E-state index in [2.05, 4.69) is 5.32 Å². The maximum atomic E-state index is 11.7. The van der Waals surface area contributed by atoms with E-state index in [4.69, 9.17) is 15.2 Å². The van der Waals surface area contributed by atoms with Crippen LogP contribution in [0, 0.1) is 5.92 Å². The van der Waals surface area contributed by atoms with Crippen molar-refractivity contribution in [3.05, 3.63) is 23.8 Å². The van der Waals surface area contributed by atoms with Gasteiger partial charge in [-0.15, -0.1) is 0 Å². The Hall–Kier alpha value is -1.75. The Labute approximate surface area is 120 Å². The van der Waals surface area contributed by atoms with E-state index >= 15 is 0 Å². The molecule has 0 aliphatic heterocycles. The first kappa shape index (κ1) is 16.3. The van der Waals surface area contributed by atoms with Crippen LogP contribution in [0.4, 0.5) is 0 Å². The van der Waals surface area contributed by atoms with E-state index in [1.54, 1.807) is 14.2 Å². The molecule has 1 atom stereocenters. The van der Waals surface area contributed by atoms with Crippen molar-refractivity contribution in [2.24, 2.45) is 11.7 Å². The Morgan fingerprint density at radius 2 is 1.85 bits per heavy atom. The summed E-state index contributed by atoms with van der Waals surface area (Å²) in [6.07, 6.45) is 1.09. The minimum absolute atomic E-state index is 0.0343. The second-order valence-corrected chi connectivity index (χ2v) is 4.87. The molecule has 0 aromatic heterocycles. The summed E-state index contributed by atoms with van der Waals surface area (Å²) in [4.78, 5) is 11.7. The third-order valence-electron chi connectivity index (χ3n) is 3.10. The molecule has 0 heterocycles. The first-order chi connectivity index (χ1) is 9.58. The van der Waals surface area contributed by atoms with Crippen molar-refractivity contribution in [1.29, 1.82) is 0 Å². The average molecular weight is 280 g/mol. The van der Waals surface area contributed by atoms with Gasteiger partial charge in [-0.25, -0.2) is 0 Å². The second-order valence-electron chi connectivity index (χ2n) is 4.87. The number of nitrogens with two attached hydrogens (primary N) is 1. The van der Waals surface area contributed by atoms with Crippen LogP contribution in [0.2, 0.25) is 0 Å². The number of ether oxygens (including phenoxy) is 2. The van der Waals surface area contributed by atoms with Gasteiger partial charge in [-0.1, -0.05) is 6.92 Å². The molecule has 20 heavy (non-hydrogen) atoms. The fourth-order valence-electron chi connectivity index (χ4n) is 1.73. The van der Waals surface area contributed by atoms with Crippen LogP contribution in [0.5, 0.6) is 11.5 Å². The summed E-state index contributed by atoms with van der Waals surface area (Å²) in [5.74, 6) is 1.80. The highest BCUT2D eigenvalue weighted by Crippen LogP contribution is 2.23. The largest absolute Gasteiger partial charge is 0.497 e. The molecular formula is C15H24N2O3. The number of nitrogens with one attached hydrogen (secondary N) is 1. The number of aryl methyl sites for hydroxylation is 1. The predicted molar refractivity (Wildman–Crippen MR) is 79.1 cm³/mol. The SMILES string of the molecule is COc1cc(CCC(=O)NCC(C)CN)cc(OC)c1. The summed E-state index contributed by atoms with van der Waals surface area (Å²) in [7, 11) is 3.22. The number of carbonyl (C=O) groups is 1. The first-order valence-corrected chi connectivity index (χ1v) is 6.77. The quantitative estimate of drug-likeness (QED) is 0.754. The zero-order valence-corrected chi connectivity index (χ0v) is 12.4. The maximum Gasteiger partial charge on any atom is 0.220 e. The van der Waals surface area contributed by atoms with Crippen LogP contribution in [0.25, 0.3) is 0 Å². The van der Waals surface area contributed by atoms with Gasteiger partial charge in [0.1, 0.15) is 11.5 Å². The molecule has 0 fully saturated rings. The summed E-state index contributed by atoms with van der Waals surface area (Å²) >= 11 is 0. The van der Waals surface area contributed by atoms with Crippen molar-refractivity contribution < 1.29 is 14.3 Å². The molecule has 1 amide bonds. The zero-order valence-electron chi connectivity index (χ0n) is 12.4. The third kappa shape index (κ3) is 5.48. The van der Waals surface area contributed by atoms with Crippen molar-refractivity contribution in [2.75, 3.05) is 27.3 Å². The Morgan fingerprint density at radius 1 is 1.25 bits per heavy atom. The second kappa shape index (κ2) is 8.43. The topological polar surface area (TPSA) is 73.6 Å². The summed E-state index contributed by atoms with van der Waals surface area (Å²) in [6, 6.07) is 5.64. The molecule has 0 bridgehead atoms. The molecule has 0 saturated carbocycles. The van der Waals surface area contributed by atoms with Crippen molar-refractivity contribution in [3.8, 4) is 11.5 Å². The van der Waals surface area contributed by atoms with Gasteiger partial charge in [0.15, 0.2) is 0 Å². The summed E-state index contributed by atoms with van der Waals surface area (Å²) in [5, 5.41) is 2.88. The van der Waals surface area contributed by atoms with Gasteiger partial charge in [-0.2, -0.15) is 0 Å². The predicted octanol–water partition coefficient (Wildman–Crippen LogP) is 1.35. The molecule has 3 N–H and O–H groups in total. The monoisotopic (exact) mass is 280 g/mol. The Bertz CT molecular complexity index is 413. The lowest BCUT2D eigenvalue weighted by atomic mass is 10.1. The number of amides is 1. The number of benzene rings is 1. The number of hydrogen-bond donors (Lipinski definition) is 2. The zero-order chi connectivity index (χ0) is 15.0. The Kier molecular flexibility index (Phi) is 6.87. The number of methoxy groups -OCH3 is 2. The van der Waals surface area contributed by atoms with E-state index in [1.165, 1.54) is 0 Å². The molecule has 5 heteroatoms. The van der Waals surface area contributed by atoms with E-state index in [0.29, 0.717) is 31.8 Å². The molecule has 112 valence electrons. The molecule has 1 rings (SSSR count). The molecule has 1 unspecified atom stereocenters. The normalized spacial score (nSPS) is 11.8. The van der Waals surface area contributed by atoms with E-state index in [1.807, 2.05) is 25.1 Å². The van der Waals surface area contributed by atoms with E-state index in [9.17, 15) is 4.79 Å². The molecule has 5 nitrogen and oxygen atoms in total. The van der Waals surface area contributed by atoms with Gasteiger partial charge in [0, 0.05) is 19.0 Å². The Morgan fingerprint density at radius 3 is 2.35 bits per heavy atom. The van der Waals surface area contributed by atoms with E-state index in [0.717, 1.165) is 17.1 Å². The lowest BCUT2D eigenvalue weighted by molar-refractivity contribution is -0.121. The van der Waals surface area contributed by atoms with Crippen molar-refractivity contribution in [1.82, 2.24) is 5.32 Å². The van der Waals surface area contributed by atoms with Crippen LogP contribution >= 0.6 is 0 Å². The lowest BCUT2D eigenvalue weighted by Crippen LogP contribution is -2.31. The van der Waals surface area contributed by atoms with Crippen LogP contribution in [0.3, 0.4) is 0 Å². The molecule has 0 aliphatic carbocycles. The summed E-state index contributed by atoms with van der Waals surface area (Å²) in [5.41, 5.74) is 6.52. The highest BCUT2D eigenvalue weighted by Gasteiger charge is 2.07. The summed E-state index contributed by atoms with van der Waals surface area (Å²) in [6.45, 7) is 3.21. The number of hydrogen-bond acceptors (Lipinski definition) is 4. The molecule has 1 aromatic rings. The van der Waals surface area contributed by atoms with Crippen molar-refractivity contribution in [3.63, 3.8) is 0 Å². The Balaban J connectivity index is 2.50. The van der Waals surface area contributed by atoms with E-state index in [-0.39, 0.29) is 5.91 Å². The van der Waals surface area contributed by atoms with Crippen LogP contribution in [0.1, 0.15) is 18.9 Å².